The summed E-state index contributed by atoms with van der Waals surface area (Å²) >= 11 is 0. The molecular formula is C65H54N2. The molecule has 9 aromatic rings. The maximum atomic E-state index is 2.54. The lowest BCUT2D eigenvalue weighted by atomic mass is 9.42. The lowest BCUT2D eigenvalue weighted by molar-refractivity contribution is -0.0418. The van der Waals surface area contributed by atoms with Crippen LogP contribution in [0.1, 0.15) is 65.5 Å². The number of anilines is 6. The minimum absolute atomic E-state index is 0.0439. The third-order valence-corrected chi connectivity index (χ3v) is 16.4. The van der Waals surface area contributed by atoms with Gasteiger partial charge in [0.2, 0.25) is 0 Å². The Morgan fingerprint density at radius 2 is 0.687 bits per heavy atom. The summed E-state index contributed by atoms with van der Waals surface area (Å²) in [7, 11) is 0. The van der Waals surface area contributed by atoms with Gasteiger partial charge in [0, 0.05) is 39.4 Å². The molecule has 9 aromatic carbocycles. The summed E-state index contributed by atoms with van der Waals surface area (Å²) in [6.45, 7) is 0. The van der Waals surface area contributed by atoms with Gasteiger partial charge in [-0.05, 0) is 161 Å². The first kappa shape index (κ1) is 39.9. The van der Waals surface area contributed by atoms with Gasteiger partial charge < -0.3 is 9.80 Å². The Morgan fingerprint density at radius 1 is 0.299 bits per heavy atom. The number of rotatable bonds is 10. The molecule has 0 N–H and O–H groups in total. The minimum Gasteiger partial charge on any atom is -0.311 e. The van der Waals surface area contributed by atoms with E-state index < -0.39 is 5.41 Å². The molecule has 0 spiro atoms. The van der Waals surface area contributed by atoms with Crippen molar-refractivity contribution in [1.82, 2.24) is 0 Å². The van der Waals surface area contributed by atoms with Crippen LogP contribution in [0.5, 0.6) is 0 Å². The van der Waals surface area contributed by atoms with Gasteiger partial charge in [0.1, 0.15) is 0 Å². The van der Waals surface area contributed by atoms with Crippen molar-refractivity contribution in [2.45, 2.75) is 42.9 Å². The van der Waals surface area contributed by atoms with E-state index in [2.05, 4.69) is 252 Å². The molecule has 4 saturated carbocycles. The Morgan fingerprint density at radius 3 is 1.18 bits per heavy atom. The van der Waals surface area contributed by atoms with E-state index in [1.165, 1.54) is 105 Å². The molecule has 0 saturated heterocycles. The van der Waals surface area contributed by atoms with Gasteiger partial charge in [-0.1, -0.05) is 176 Å². The van der Waals surface area contributed by atoms with Crippen LogP contribution in [0.2, 0.25) is 0 Å². The highest BCUT2D eigenvalue weighted by molar-refractivity contribution is 5.94. The van der Waals surface area contributed by atoms with Crippen molar-refractivity contribution < 1.29 is 0 Å². The standard InChI is InChI=1S/C65H54N2/c1-6-19-48(20-7-1)65(49-21-8-2-9-22-49)61-31-17-16-29-59(61)60-30-18-32-62(63(60)65)67(56-27-14-5-15-28-56)58-39-35-51(36-40-58)64(52-42-46-41-47(44-52)45-53(64)43-46)50-33-37-57(38-34-50)66(54-23-10-3-11-24-54)55-25-12-4-13-26-55/h1-40,46-47,52-53H,41-45H2. The fraction of sp³-hybridized carbons (Fsp3) is 0.169. The highest BCUT2D eigenvalue weighted by Gasteiger charge is 2.58. The van der Waals surface area contributed by atoms with Crippen molar-refractivity contribution in [1.29, 1.82) is 0 Å². The zero-order valence-corrected chi connectivity index (χ0v) is 37.8. The molecule has 0 unspecified atom stereocenters. The Labute approximate surface area is 395 Å². The van der Waals surface area contributed by atoms with E-state index in [0.717, 1.165) is 17.5 Å². The summed E-state index contributed by atoms with van der Waals surface area (Å²) in [6, 6.07) is 90.9. The first-order valence-corrected chi connectivity index (χ1v) is 24.5. The quantitative estimate of drug-likeness (QED) is 0.135. The molecule has 2 nitrogen and oxygen atoms in total. The zero-order valence-electron chi connectivity index (χ0n) is 37.8. The molecule has 0 aliphatic heterocycles. The van der Waals surface area contributed by atoms with Gasteiger partial charge in [0.25, 0.3) is 0 Å². The SMILES string of the molecule is c1ccc(N(c2ccccc2)c2ccc(C3(c4ccc(N(c5ccccc5)c5cccc6c5C(c5ccccc5)(c5ccccc5)c5ccccc5-6)cc4)C4CC5CC(C4)CC3C5)cc2)cc1. The van der Waals surface area contributed by atoms with Crippen molar-refractivity contribution in [2.75, 3.05) is 9.80 Å². The van der Waals surface area contributed by atoms with E-state index in [1.54, 1.807) is 0 Å². The molecule has 5 aliphatic carbocycles. The van der Waals surface area contributed by atoms with Gasteiger partial charge in [0.15, 0.2) is 0 Å². The van der Waals surface area contributed by atoms with Crippen LogP contribution in [-0.4, -0.2) is 0 Å². The highest BCUT2D eigenvalue weighted by Crippen LogP contribution is 2.66. The Bertz CT molecular complexity index is 3060. The van der Waals surface area contributed by atoms with E-state index in [-0.39, 0.29) is 5.41 Å². The van der Waals surface area contributed by atoms with Crippen LogP contribution in [0.3, 0.4) is 0 Å². The predicted molar refractivity (Wildman–Crippen MR) is 277 cm³/mol. The van der Waals surface area contributed by atoms with Crippen molar-refractivity contribution >= 4 is 34.1 Å². The third kappa shape index (κ3) is 6.22. The molecule has 5 aliphatic rings. The number of hydrogen-bond donors (Lipinski definition) is 0. The second-order valence-electron chi connectivity index (χ2n) is 19.7. The summed E-state index contributed by atoms with van der Waals surface area (Å²) in [5.74, 6) is 2.96. The zero-order chi connectivity index (χ0) is 44.4. The van der Waals surface area contributed by atoms with E-state index >= 15 is 0 Å². The number of fused-ring (bicyclic) bond motifs is 3. The van der Waals surface area contributed by atoms with Gasteiger partial charge >= 0.3 is 0 Å². The largest absolute Gasteiger partial charge is 0.311 e. The topological polar surface area (TPSA) is 6.48 Å². The smallest absolute Gasteiger partial charge is 0.0734 e. The van der Waals surface area contributed by atoms with E-state index in [4.69, 9.17) is 0 Å². The normalized spacial score (nSPS) is 21.6. The van der Waals surface area contributed by atoms with Crippen LogP contribution in [0.15, 0.2) is 243 Å². The van der Waals surface area contributed by atoms with Crippen LogP contribution in [0, 0.1) is 23.7 Å². The monoisotopic (exact) mass is 862 g/mol. The van der Waals surface area contributed by atoms with Gasteiger partial charge in [-0.25, -0.2) is 0 Å². The van der Waals surface area contributed by atoms with E-state index in [0.29, 0.717) is 11.8 Å². The van der Waals surface area contributed by atoms with Gasteiger partial charge in [0.05, 0.1) is 11.1 Å². The number of benzene rings is 9. The molecule has 324 valence electrons. The van der Waals surface area contributed by atoms with Gasteiger partial charge in [-0.3, -0.25) is 0 Å². The molecule has 0 heterocycles. The van der Waals surface area contributed by atoms with Gasteiger partial charge in [-0.2, -0.15) is 0 Å². The van der Waals surface area contributed by atoms with Crippen LogP contribution in [-0.2, 0) is 10.8 Å². The summed E-state index contributed by atoms with van der Waals surface area (Å²) in [4.78, 5) is 4.93. The first-order valence-electron chi connectivity index (χ1n) is 24.5. The van der Waals surface area contributed by atoms with Crippen molar-refractivity contribution in [3.05, 3.63) is 276 Å². The molecule has 0 radical (unpaired) electrons. The fourth-order valence-corrected chi connectivity index (χ4v) is 14.1. The molecule has 4 bridgehead atoms. The number of para-hydroxylation sites is 3. The number of hydrogen-bond acceptors (Lipinski definition) is 2. The Hall–Kier alpha value is -7.42. The van der Waals surface area contributed by atoms with Crippen molar-refractivity contribution in [3.8, 4) is 11.1 Å². The minimum atomic E-state index is -0.536. The first-order chi connectivity index (χ1) is 33.2. The third-order valence-electron chi connectivity index (χ3n) is 16.4. The van der Waals surface area contributed by atoms with Crippen LogP contribution < -0.4 is 9.80 Å². The predicted octanol–water partition coefficient (Wildman–Crippen LogP) is 16.7. The maximum Gasteiger partial charge on any atom is 0.0734 e. The fourth-order valence-electron chi connectivity index (χ4n) is 14.1. The molecule has 4 fully saturated rings. The average molecular weight is 863 g/mol. The van der Waals surface area contributed by atoms with Crippen LogP contribution in [0.4, 0.5) is 34.1 Å². The summed E-state index contributed by atoms with van der Waals surface area (Å²) in [5.41, 5.74) is 17.2. The molecule has 67 heavy (non-hydrogen) atoms. The highest BCUT2D eigenvalue weighted by atomic mass is 15.2. The average Bonchev–Trinajstić information content (AvgIpc) is 3.70. The van der Waals surface area contributed by atoms with Crippen LogP contribution in [0.25, 0.3) is 11.1 Å². The molecule has 14 rings (SSSR count). The van der Waals surface area contributed by atoms with Crippen molar-refractivity contribution in [3.63, 3.8) is 0 Å². The molecule has 0 atom stereocenters. The number of nitrogens with zero attached hydrogens (tertiary/aromatic N) is 2. The molecular weight excluding hydrogens is 809 g/mol. The summed E-state index contributed by atoms with van der Waals surface area (Å²) in [6.07, 6.45) is 6.72. The van der Waals surface area contributed by atoms with Crippen molar-refractivity contribution in [2.24, 2.45) is 23.7 Å². The Kier molecular flexibility index (Phi) is 9.63. The van der Waals surface area contributed by atoms with Gasteiger partial charge in [-0.15, -0.1) is 0 Å². The second kappa shape index (κ2) is 16.2. The van der Waals surface area contributed by atoms with Crippen LogP contribution >= 0.6 is 0 Å². The summed E-state index contributed by atoms with van der Waals surface area (Å²) < 4.78 is 0. The van der Waals surface area contributed by atoms with E-state index in [9.17, 15) is 0 Å². The van der Waals surface area contributed by atoms with E-state index in [1.807, 2.05) is 0 Å². The Balaban J connectivity index is 0.973. The lowest BCUT2D eigenvalue weighted by Crippen LogP contribution is -2.56. The lowest BCUT2D eigenvalue weighted by Gasteiger charge is -2.62. The molecule has 0 amide bonds. The second-order valence-corrected chi connectivity index (χ2v) is 19.7. The maximum absolute atomic E-state index is 2.54. The molecule has 2 heteroatoms. The molecule has 0 aromatic heterocycles. The summed E-state index contributed by atoms with van der Waals surface area (Å²) in [5, 5.41) is 0.